The number of hydrogen-bond acceptors (Lipinski definition) is 2. The number of ether oxygens (including phenoxy) is 1. The van der Waals surface area contributed by atoms with E-state index in [-0.39, 0.29) is 6.17 Å². The van der Waals surface area contributed by atoms with E-state index in [0.717, 1.165) is 0 Å². The Balaban J connectivity index is 3.22. The molecule has 0 aliphatic carbocycles. The van der Waals surface area contributed by atoms with Crippen molar-refractivity contribution in [2.45, 2.75) is 19.6 Å². The molecule has 0 amide bonds. The molecule has 1 rings (SSSR count). The van der Waals surface area contributed by atoms with Gasteiger partial charge in [-0.3, -0.25) is 0 Å². The van der Waals surface area contributed by atoms with Gasteiger partial charge in [-0.2, -0.15) is 0 Å². The smallest absolute Gasteiger partial charge is 0.212 e. The molecule has 0 saturated carbocycles. The van der Waals surface area contributed by atoms with Gasteiger partial charge < -0.3 is 4.74 Å². The fourth-order valence-electron chi connectivity index (χ4n) is 1.07. The van der Waals surface area contributed by atoms with Gasteiger partial charge in [0.2, 0.25) is 5.88 Å². The van der Waals surface area contributed by atoms with Crippen LogP contribution in [0.3, 0.4) is 0 Å². The second-order valence-electron chi connectivity index (χ2n) is 3.75. The Morgan fingerprint density at radius 1 is 1.50 bits per heavy atom. The zero-order chi connectivity index (χ0) is 10.1. The topological polar surface area (TPSA) is 22.1 Å². The maximum atomic E-state index is 7.36. The highest BCUT2D eigenvalue weighted by molar-refractivity contribution is 6.89. The van der Waals surface area contributed by atoms with E-state index < -0.39 is 8.07 Å². The molecule has 2 nitrogen and oxygen atoms in total. The zero-order valence-electron chi connectivity index (χ0n) is 9.01. The van der Waals surface area contributed by atoms with Crippen molar-refractivity contribution in [1.82, 2.24) is 4.98 Å². The molecule has 66 valence electrons. The molecule has 3 heteroatoms. The highest BCUT2D eigenvalue weighted by atomic mass is 28.3. The van der Waals surface area contributed by atoms with E-state index in [9.17, 15) is 0 Å². The summed E-state index contributed by atoms with van der Waals surface area (Å²) < 4.78 is 12.5. The van der Waals surface area contributed by atoms with Gasteiger partial charge in [-0.1, -0.05) is 25.7 Å². The Morgan fingerprint density at radius 3 is 2.67 bits per heavy atom. The minimum absolute atomic E-state index is 0.263. The first-order chi connectivity index (χ1) is 5.95. The normalized spacial score (nSPS) is 12.5. The van der Waals surface area contributed by atoms with Gasteiger partial charge in [0.15, 0.2) is 0 Å². The van der Waals surface area contributed by atoms with Crippen molar-refractivity contribution in [2.75, 3.05) is 7.11 Å². The first kappa shape index (κ1) is 7.80. The predicted molar refractivity (Wildman–Crippen MR) is 53.8 cm³/mol. The van der Waals surface area contributed by atoms with Crippen LogP contribution in [0.1, 0.15) is 1.37 Å². The lowest BCUT2D eigenvalue weighted by Crippen LogP contribution is -2.38. The van der Waals surface area contributed by atoms with Crippen LogP contribution >= 0.6 is 0 Å². The van der Waals surface area contributed by atoms with Crippen LogP contribution < -0.4 is 9.92 Å². The third-order valence-corrected chi connectivity index (χ3v) is 3.72. The molecule has 0 unspecified atom stereocenters. The van der Waals surface area contributed by atoms with E-state index in [2.05, 4.69) is 24.6 Å². The van der Waals surface area contributed by atoms with Crippen molar-refractivity contribution in [1.29, 1.82) is 0 Å². The highest BCUT2D eigenvalue weighted by Crippen LogP contribution is 2.09. The van der Waals surface area contributed by atoms with Crippen molar-refractivity contribution in [2.24, 2.45) is 0 Å². The van der Waals surface area contributed by atoms with Gasteiger partial charge in [-0.15, -0.1) is 0 Å². The van der Waals surface area contributed by atoms with E-state index in [1.165, 1.54) is 5.19 Å². The quantitative estimate of drug-likeness (QED) is 0.649. The van der Waals surface area contributed by atoms with Gasteiger partial charge in [0.1, 0.15) is 0 Å². The summed E-state index contributed by atoms with van der Waals surface area (Å²) in [6.45, 7) is 6.70. The van der Waals surface area contributed by atoms with E-state index >= 15 is 0 Å². The Kier molecular flexibility index (Phi) is 2.12. The Bertz CT molecular complexity index is 309. The summed E-state index contributed by atoms with van der Waals surface area (Å²) in [4.78, 5) is 4.04. The van der Waals surface area contributed by atoms with Crippen LogP contribution in [0.5, 0.6) is 5.88 Å². The number of aromatic nitrogens is 1. The van der Waals surface area contributed by atoms with Gasteiger partial charge in [-0.05, 0) is 6.07 Å². The molecule has 1 aromatic rings. The molecule has 0 fully saturated rings. The fourth-order valence-corrected chi connectivity index (χ4v) is 2.46. The van der Waals surface area contributed by atoms with E-state index in [0.29, 0.717) is 5.88 Å². The highest BCUT2D eigenvalue weighted by Gasteiger charge is 2.20. The number of nitrogens with zero attached hydrogens (tertiary/aromatic N) is 1. The molecule has 0 aliphatic heterocycles. The van der Waals surface area contributed by atoms with Gasteiger partial charge in [0.25, 0.3) is 0 Å². The number of hydrogen-bond donors (Lipinski definition) is 0. The van der Waals surface area contributed by atoms with Crippen molar-refractivity contribution in [3.8, 4) is 5.88 Å². The molecule has 12 heavy (non-hydrogen) atoms. The first-order valence-corrected chi connectivity index (χ1v) is 7.47. The van der Waals surface area contributed by atoms with E-state index in [1.54, 1.807) is 13.2 Å². The van der Waals surface area contributed by atoms with Crippen molar-refractivity contribution < 1.29 is 6.11 Å². The summed E-state index contributed by atoms with van der Waals surface area (Å²) in [5.74, 6) is 0.617. The zero-order valence-corrected chi connectivity index (χ0v) is 9.01. The second-order valence-corrected chi connectivity index (χ2v) is 8.79. The maximum Gasteiger partial charge on any atom is 0.212 e. The molecule has 0 radical (unpaired) electrons. The maximum absolute atomic E-state index is 7.36. The minimum atomic E-state index is -1.39. The van der Waals surface area contributed by atoms with Crippen LogP contribution in [0, 0.1) is 0 Å². The molecule has 0 atom stereocenters. The first-order valence-electron chi connectivity index (χ1n) is 4.47. The van der Waals surface area contributed by atoms with Gasteiger partial charge >= 0.3 is 0 Å². The van der Waals surface area contributed by atoms with Crippen LogP contribution in [0.25, 0.3) is 0 Å². The van der Waals surface area contributed by atoms with Crippen LogP contribution in [0.2, 0.25) is 19.6 Å². The monoisotopic (exact) mass is 182 g/mol. The molecule has 0 aromatic carbocycles. The molecule has 0 aliphatic rings. The molecular weight excluding hydrogens is 166 g/mol. The summed E-state index contributed by atoms with van der Waals surface area (Å²) in [5, 5.41) is 1.17. The lowest BCUT2D eigenvalue weighted by atomic mass is 10.5. The van der Waals surface area contributed by atoms with E-state index in [1.807, 2.05) is 6.07 Å². The SMILES string of the molecule is [2H]c1ccc([Si](C)(C)C)c(OC)n1. The largest absolute Gasteiger partial charge is 0.481 e. The van der Waals surface area contributed by atoms with Crippen LogP contribution in [-0.4, -0.2) is 20.2 Å². The number of pyridine rings is 1. The molecule has 0 saturated heterocycles. The molecule has 1 aromatic heterocycles. The fraction of sp³-hybridized carbons (Fsp3) is 0.444. The summed E-state index contributed by atoms with van der Waals surface area (Å²) in [6.07, 6.45) is 0.263. The number of rotatable bonds is 2. The predicted octanol–water partition coefficient (Wildman–Crippen LogP) is 1.64. The van der Waals surface area contributed by atoms with E-state index in [4.69, 9.17) is 6.11 Å². The molecule has 1 heterocycles. The Labute approximate surface area is 76.0 Å². The summed E-state index contributed by atoms with van der Waals surface area (Å²) in [6, 6.07) is 3.68. The lowest BCUT2D eigenvalue weighted by Gasteiger charge is -2.18. The minimum Gasteiger partial charge on any atom is -0.481 e. The lowest BCUT2D eigenvalue weighted by molar-refractivity contribution is 0.401. The third-order valence-electron chi connectivity index (χ3n) is 1.72. The summed E-state index contributed by atoms with van der Waals surface area (Å²) >= 11 is 0. The average Bonchev–Trinajstić information content (AvgIpc) is 2.01. The average molecular weight is 182 g/mol. The van der Waals surface area contributed by atoms with Crippen molar-refractivity contribution in [3.05, 3.63) is 18.3 Å². The second kappa shape index (κ2) is 3.27. The van der Waals surface area contributed by atoms with Crippen LogP contribution in [0.4, 0.5) is 0 Å². The van der Waals surface area contributed by atoms with Crippen molar-refractivity contribution >= 4 is 13.3 Å². The van der Waals surface area contributed by atoms with Crippen LogP contribution in [0.15, 0.2) is 18.3 Å². The third kappa shape index (κ3) is 1.85. The van der Waals surface area contributed by atoms with Gasteiger partial charge in [0.05, 0.1) is 16.6 Å². The summed E-state index contributed by atoms with van der Waals surface area (Å²) in [5.41, 5.74) is 0. The standard InChI is InChI=1S/C9H15NOSi/c1-11-9-8(12(2,3)4)6-5-7-10-9/h5-7H,1-4H3/i7D. The Hall–Kier alpha value is -0.833. The van der Waals surface area contributed by atoms with Gasteiger partial charge in [-0.25, -0.2) is 4.98 Å². The van der Waals surface area contributed by atoms with Gasteiger partial charge in [0, 0.05) is 11.4 Å². The van der Waals surface area contributed by atoms with Crippen molar-refractivity contribution in [3.63, 3.8) is 0 Å². The summed E-state index contributed by atoms with van der Waals surface area (Å²) in [7, 11) is 0.210. The Morgan fingerprint density at radius 2 is 2.17 bits per heavy atom. The molecule has 0 N–H and O–H groups in total. The molecule has 0 spiro atoms. The van der Waals surface area contributed by atoms with Crippen LogP contribution in [-0.2, 0) is 0 Å². The number of methoxy groups -OCH3 is 1. The molecule has 0 bridgehead atoms. The molecular formula is C9H15NOSi.